The Bertz CT molecular complexity index is 905. The third kappa shape index (κ3) is 3.01. The SMILES string of the molecule is CCC(=O)N[C@H]1C(C)(C)[C@@H]2C[C@@H]3[C@@H](c4ccc(Cn5cccn5)cc4)OCC[C@@]31C2. The molecule has 1 saturated heterocycles. The van der Waals surface area contributed by atoms with Crippen molar-refractivity contribution in [2.75, 3.05) is 6.61 Å². The minimum absolute atomic E-state index is 0.125. The molecule has 1 aromatic carbocycles. The molecule has 2 bridgehead atoms. The maximum absolute atomic E-state index is 12.4. The second-order valence-electron chi connectivity index (χ2n) is 10.1. The number of fused-ring (bicyclic) bond motifs is 1. The van der Waals surface area contributed by atoms with Crippen LogP contribution in [0.5, 0.6) is 0 Å². The van der Waals surface area contributed by atoms with Gasteiger partial charge in [0.1, 0.15) is 0 Å². The minimum atomic E-state index is 0.125. The van der Waals surface area contributed by atoms with E-state index in [4.69, 9.17) is 4.74 Å². The van der Waals surface area contributed by atoms with Crippen molar-refractivity contribution in [2.24, 2.45) is 22.7 Å². The highest BCUT2D eigenvalue weighted by molar-refractivity contribution is 5.76. The van der Waals surface area contributed by atoms with E-state index >= 15 is 0 Å². The number of hydrogen-bond donors (Lipinski definition) is 1. The van der Waals surface area contributed by atoms with Crippen molar-refractivity contribution in [3.05, 3.63) is 53.9 Å². The first kappa shape index (κ1) is 19.8. The van der Waals surface area contributed by atoms with Gasteiger partial charge in [0.05, 0.1) is 12.6 Å². The van der Waals surface area contributed by atoms with E-state index in [1.807, 2.05) is 30.1 Å². The fraction of sp³-hybridized carbons (Fsp3) is 0.600. The smallest absolute Gasteiger partial charge is 0.219 e. The number of ether oxygens (including phenoxy) is 1. The molecule has 1 N–H and O–H groups in total. The summed E-state index contributed by atoms with van der Waals surface area (Å²) in [5.41, 5.74) is 2.83. The van der Waals surface area contributed by atoms with E-state index in [1.165, 1.54) is 24.0 Å². The maximum Gasteiger partial charge on any atom is 0.219 e. The second kappa shape index (κ2) is 7.23. The molecular weight excluding hydrogens is 374 g/mol. The van der Waals surface area contributed by atoms with Gasteiger partial charge in [0.15, 0.2) is 0 Å². The summed E-state index contributed by atoms with van der Waals surface area (Å²) >= 11 is 0. The van der Waals surface area contributed by atoms with Crippen LogP contribution in [0.25, 0.3) is 0 Å². The van der Waals surface area contributed by atoms with Crippen LogP contribution in [0.1, 0.15) is 63.7 Å². The molecule has 5 rings (SSSR count). The van der Waals surface area contributed by atoms with Crippen molar-refractivity contribution < 1.29 is 9.53 Å². The predicted octanol–water partition coefficient (Wildman–Crippen LogP) is 4.34. The zero-order valence-electron chi connectivity index (χ0n) is 18.3. The lowest BCUT2D eigenvalue weighted by atomic mass is 9.59. The Morgan fingerprint density at radius 1 is 1.30 bits per heavy atom. The molecule has 1 aliphatic heterocycles. The topological polar surface area (TPSA) is 56.2 Å². The number of carbonyl (C=O) groups is 1. The molecule has 5 atom stereocenters. The Morgan fingerprint density at radius 3 is 2.80 bits per heavy atom. The minimum Gasteiger partial charge on any atom is -0.373 e. The molecule has 1 amide bonds. The number of hydrogen-bond acceptors (Lipinski definition) is 3. The normalized spacial score (nSPS) is 34.0. The summed E-state index contributed by atoms with van der Waals surface area (Å²) in [6.07, 6.45) is 7.95. The Labute approximate surface area is 179 Å². The highest BCUT2D eigenvalue weighted by Gasteiger charge is 2.68. The molecule has 5 heteroatoms. The lowest BCUT2D eigenvalue weighted by molar-refractivity contribution is -0.137. The summed E-state index contributed by atoms with van der Waals surface area (Å²) in [5.74, 6) is 1.30. The van der Waals surface area contributed by atoms with Gasteiger partial charge in [0.2, 0.25) is 5.91 Å². The Kier molecular flexibility index (Phi) is 4.77. The number of aromatic nitrogens is 2. The first-order valence-electron chi connectivity index (χ1n) is 11.4. The van der Waals surface area contributed by atoms with Gasteiger partial charge in [0.25, 0.3) is 0 Å². The fourth-order valence-corrected chi connectivity index (χ4v) is 6.77. The van der Waals surface area contributed by atoms with Crippen molar-refractivity contribution in [1.82, 2.24) is 15.1 Å². The number of nitrogens with zero attached hydrogens (tertiary/aromatic N) is 2. The van der Waals surface area contributed by atoms with Gasteiger partial charge in [-0.25, -0.2) is 0 Å². The third-order valence-electron chi connectivity index (χ3n) is 8.34. The number of amides is 1. The van der Waals surface area contributed by atoms with Crippen molar-refractivity contribution in [3.63, 3.8) is 0 Å². The molecule has 0 radical (unpaired) electrons. The van der Waals surface area contributed by atoms with Gasteiger partial charge in [-0.05, 0) is 59.1 Å². The summed E-state index contributed by atoms with van der Waals surface area (Å²) in [7, 11) is 0. The highest BCUT2D eigenvalue weighted by Crippen LogP contribution is 2.70. The summed E-state index contributed by atoms with van der Waals surface area (Å²) in [5, 5.41) is 7.74. The van der Waals surface area contributed by atoms with E-state index in [-0.39, 0.29) is 28.9 Å². The molecule has 1 aromatic heterocycles. The Morgan fingerprint density at radius 2 is 2.10 bits per heavy atom. The van der Waals surface area contributed by atoms with Crippen LogP contribution in [0.2, 0.25) is 0 Å². The molecule has 2 aliphatic carbocycles. The van der Waals surface area contributed by atoms with E-state index in [9.17, 15) is 4.79 Å². The molecule has 1 spiro atoms. The van der Waals surface area contributed by atoms with E-state index in [1.54, 1.807) is 0 Å². The fourth-order valence-electron chi connectivity index (χ4n) is 6.77. The van der Waals surface area contributed by atoms with Crippen LogP contribution >= 0.6 is 0 Å². The summed E-state index contributed by atoms with van der Waals surface area (Å²) < 4.78 is 8.33. The monoisotopic (exact) mass is 407 g/mol. The van der Waals surface area contributed by atoms with Crippen LogP contribution in [-0.4, -0.2) is 28.3 Å². The summed E-state index contributed by atoms with van der Waals surface area (Å²) in [6.45, 7) is 8.23. The zero-order valence-corrected chi connectivity index (χ0v) is 18.3. The molecule has 2 aromatic rings. The van der Waals surface area contributed by atoms with Gasteiger partial charge in [-0.1, -0.05) is 45.0 Å². The van der Waals surface area contributed by atoms with E-state index in [2.05, 4.69) is 48.5 Å². The van der Waals surface area contributed by atoms with E-state index in [0.717, 1.165) is 19.6 Å². The van der Waals surface area contributed by atoms with Gasteiger partial charge in [0, 0.05) is 31.5 Å². The average Bonchev–Trinajstić information content (AvgIpc) is 3.43. The van der Waals surface area contributed by atoms with Crippen molar-refractivity contribution in [1.29, 1.82) is 0 Å². The number of rotatable bonds is 5. The molecule has 2 heterocycles. The zero-order chi connectivity index (χ0) is 20.9. The van der Waals surface area contributed by atoms with E-state index < -0.39 is 0 Å². The Balaban J connectivity index is 1.40. The largest absolute Gasteiger partial charge is 0.373 e. The standard InChI is InChI=1S/C25H33N3O2/c1-4-21(29)27-23-24(2,3)19-14-20-22(30-13-10-25(20,23)15-19)18-8-6-17(7-9-18)16-28-12-5-11-26-28/h5-9,11-12,19-20,22-23H,4,10,13-16H2,1-3H3,(H,27,29)/t19-,20-,22-,23+,25-/m1/s1. The van der Waals surface area contributed by atoms with Crippen LogP contribution < -0.4 is 5.32 Å². The average molecular weight is 408 g/mol. The second-order valence-corrected chi connectivity index (χ2v) is 10.1. The van der Waals surface area contributed by atoms with Crippen LogP contribution in [0, 0.1) is 22.7 Å². The predicted molar refractivity (Wildman–Crippen MR) is 116 cm³/mol. The number of carbonyl (C=O) groups excluding carboxylic acids is 1. The maximum atomic E-state index is 12.4. The molecular formula is C25H33N3O2. The third-order valence-corrected chi connectivity index (χ3v) is 8.34. The van der Waals surface area contributed by atoms with Gasteiger partial charge in [-0.15, -0.1) is 0 Å². The molecule has 3 fully saturated rings. The van der Waals surface area contributed by atoms with Crippen LogP contribution in [0.3, 0.4) is 0 Å². The van der Waals surface area contributed by atoms with Crippen LogP contribution in [-0.2, 0) is 16.1 Å². The molecule has 0 unspecified atom stereocenters. The van der Waals surface area contributed by atoms with Crippen molar-refractivity contribution in [3.8, 4) is 0 Å². The summed E-state index contributed by atoms with van der Waals surface area (Å²) in [4.78, 5) is 12.4. The van der Waals surface area contributed by atoms with Gasteiger partial charge < -0.3 is 10.1 Å². The van der Waals surface area contributed by atoms with Crippen LogP contribution in [0.15, 0.2) is 42.7 Å². The number of nitrogens with one attached hydrogen (secondary N) is 1. The first-order valence-corrected chi connectivity index (χ1v) is 11.4. The Hall–Kier alpha value is -2.14. The molecule has 2 saturated carbocycles. The molecule has 3 aliphatic rings. The molecule has 5 nitrogen and oxygen atoms in total. The lowest BCUT2D eigenvalue weighted by Gasteiger charge is -2.53. The van der Waals surface area contributed by atoms with Gasteiger partial charge in [-0.3, -0.25) is 9.48 Å². The molecule has 160 valence electrons. The molecule has 30 heavy (non-hydrogen) atoms. The van der Waals surface area contributed by atoms with E-state index in [0.29, 0.717) is 18.3 Å². The number of benzene rings is 1. The van der Waals surface area contributed by atoms with Crippen molar-refractivity contribution in [2.45, 2.75) is 65.1 Å². The van der Waals surface area contributed by atoms with Gasteiger partial charge >= 0.3 is 0 Å². The van der Waals surface area contributed by atoms with Crippen molar-refractivity contribution >= 4 is 5.91 Å². The highest BCUT2D eigenvalue weighted by atomic mass is 16.5. The lowest BCUT2D eigenvalue weighted by Crippen LogP contribution is -2.58. The first-order chi connectivity index (χ1) is 14.4. The summed E-state index contributed by atoms with van der Waals surface area (Å²) in [6, 6.07) is 11.1. The van der Waals surface area contributed by atoms with Crippen LogP contribution in [0.4, 0.5) is 0 Å². The quantitative estimate of drug-likeness (QED) is 0.802. The van der Waals surface area contributed by atoms with Gasteiger partial charge in [-0.2, -0.15) is 5.10 Å².